The Labute approximate surface area is 361 Å². The molecule has 0 unspecified atom stereocenters. The van der Waals surface area contributed by atoms with Crippen LogP contribution in [0.2, 0.25) is 0 Å². The Kier molecular flexibility index (Phi) is 7.60. The van der Waals surface area contributed by atoms with Gasteiger partial charge in [-0.1, -0.05) is 186 Å². The summed E-state index contributed by atoms with van der Waals surface area (Å²) in [4.78, 5) is 0. The van der Waals surface area contributed by atoms with Crippen molar-refractivity contribution < 1.29 is 0 Å². The number of fused-ring (bicyclic) bond motifs is 15. The number of benzene rings is 9. The van der Waals surface area contributed by atoms with Gasteiger partial charge in [-0.3, -0.25) is 0 Å². The first-order valence-electron chi connectivity index (χ1n) is 21.4. The Balaban J connectivity index is 0.996. The highest BCUT2D eigenvalue weighted by molar-refractivity contribution is 7.26. The molecule has 290 valence electrons. The summed E-state index contributed by atoms with van der Waals surface area (Å²) < 4.78 is 2.76. The average molecular weight is 797 g/mol. The molecule has 0 bridgehead atoms. The van der Waals surface area contributed by atoms with Crippen molar-refractivity contribution in [1.82, 2.24) is 0 Å². The van der Waals surface area contributed by atoms with Crippen molar-refractivity contribution in [2.75, 3.05) is 0 Å². The Hall–Kier alpha value is -6.80. The van der Waals surface area contributed by atoms with E-state index in [1.807, 2.05) is 23.5 Å². The van der Waals surface area contributed by atoms with Gasteiger partial charge in [-0.05, 0) is 129 Å². The fourth-order valence-corrected chi connectivity index (χ4v) is 12.6. The van der Waals surface area contributed by atoms with Crippen molar-refractivity contribution in [2.24, 2.45) is 0 Å². The van der Waals surface area contributed by atoms with E-state index in [0.717, 1.165) is 5.57 Å². The van der Waals surface area contributed by atoms with Crippen molar-refractivity contribution in [3.63, 3.8) is 0 Å². The summed E-state index contributed by atoms with van der Waals surface area (Å²) in [6, 6.07) is 57.4. The number of thiophene rings is 1. The summed E-state index contributed by atoms with van der Waals surface area (Å²) in [5.41, 5.74) is 18.0. The van der Waals surface area contributed by atoms with Gasteiger partial charge in [0.25, 0.3) is 0 Å². The van der Waals surface area contributed by atoms with Crippen LogP contribution in [0.15, 0.2) is 183 Å². The second-order valence-electron chi connectivity index (χ2n) is 18.1. The molecule has 12 rings (SSSR count). The van der Waals surface area contributed by atoms with Gasteiger partial charge < -0.3 is 0 Å². The molecule has 1 aromatic heterocycles. The summed E-state index contributed by atoms with van der Waals surface area (Å²) >= 11 is 1.95. The molecular weight excluding hydrogens is 753 g/mol. The van der Waals surface area contributed by atoms with Crippen LogP contribution in [-0.4, -0.2) is 0 Å². The number of hydrogen-bond acceptors (Lipinski definition) is 1. The van der Waals surface area contributed by atoms with Crippen LogP contribution in [0.5, 0.6) is 0 Å². The van der Waals surface area contributed by atoms with Gasteiger partial charge in [-0.15, -0.1) is 11.3 Å². The van der Waals surface area contributed by atoms with Gasteiger partial charge in [0.2, 0.25) is 0 Å². The first-order chi connectivity index (χ1) is 29.7. The lowest BCUT2D eigenvalue weighted by Gasteiger charge is -2.24. The van der Waals surface area contributed by atoms with Crippen LogP contribution in [0.3, 0.4) is 0 Å². The summed E-state index contributed by atoms with van der Waals surface area (Å²) in [6.45, 7) is 18.1. The molecule has 0 spiro atoms. The van der Waals surface area contributed by atoms with Gasteiger partial charge in [0, 0.05) is 36.6 Å². The monoisotopic (exact) mass is 796 g/mol. The van der Waals surface area contributed by atoms with Crippen LogP contribution in [0.4, 0.5) is 0 Å². The Bertz CT molecular complexity index is 3560. The van der Waals surface area contributed by atoms with Crippen molar-refractivity contribution in [1.29, 1.82) is 0 Å². The van der Waals surface area contributed by atoms with Gasteiger partial charge in [-0.25, -0.2) is 0 Å². The van der Waals surface area contributed by atoms with Gasteiger partial charge >= 0.3 is 0 Å². The first kappa shape index (κ1) is 36.1. The third-order valence-corrected chi connectivity index (χ3v) is 15.3. The van der Waals surface area contributed by atoms with E-state index in [-0.39, 0.29) is 10.8 Å². The predicted octanol–water partition coefficient (Wildman–Crippen LogP) is 17.2. The molecule has 0 saturated carbocycles. The smallest absolute Gasteiger partial charge is 0.0443 e. The summed E-state index contributed by atoms with van der Waals surface area (Å²) in [5, 5.41) is 10.4. The van der Waals surface area contributed by atoms with E-state index >= 15 is 0 Å². The normalized spacial score (nSPS) is 14.6. The van der Waals surface area contributed by atoms with E-state index < -0.39 is 0 Å². The van der Waals surface area contributed by atoms with Crippen LogP contribution in [0.1, 0.15) is 55.5 Å². The number of rotatable bonds is 5. The molecule has 0 nitrogen and oxygen atoms in total. The molecule has 0 N–H and O–H groups in total. The van der Waals surface area contributed by atoms with Crippen LogP contribution in [0.25, 0.3) is 103 Å². The van der Waals surface area contributed by atoms with Gasteiger partial charge in [0.1, 0.15) is 0 Å². The molecule has 0 atom stereocenters. The van der Waals surface area contributed by atoms with Crippen LogP contribution in [0, 0.1) is 0 Å². The molecule has 1 heteroatoms. The molecule has 2 aliphatic rings. The minimum atomic E-state index is -0.157. The van der Waals surface area contributed by atoms with E-state index in [2.05, 4.69) is 199 Å². The quantitative estimate of drug-likeness (QED) is 0.120. The standard InChI is InChI=1S/C60H44S/c1-7-8-17-35(2)53-40-18-9-11-20-42(40)54(43-21-12-10-19-41(43)53)38-28-31-49-48(32-38)39-29-26-36(33-50(39)59(49,3)4)37-27-30-46-51(34-37)60(5,6)57-45-23-14-13-22-44(45)55-47-24-15-16-25-52(47)61-58(55)56(46)57/h7-34H,1-2H2,3-6H3/b17-8-. The molecule has 10 aromatic rings. The Morgan fingerprint density at radius 3 is 1.72 bits per heavy atom. The summed E-state index contributed by atoms with van der Waals surface area (Å²) in [7, 11) is 0. The van der Waals surface area contributed by atoms with Crippen molar-refractivity contribution in [3.05, 3.63) is 211 Å². The maximum absolute atomic E-state index is 4.51. The zero-order valence-electron chi connectivity index (χ0n) is 35.0. The highest BCUT2D eigenvalue weighted by Gasteiger charge is 2.40. The third-order valence-electron chi connectivity index (χ3n) is 14.1. The summed E-state index contributed by atoms with van der Waals surface area (Å²) in [6.07, 6.45) is 5.85. The SMILES string of the molecule is C=C/C=C\C(=C)c1c2ccccc2c(-c2ccc3c(c2)-c2ccc(-c4ccc5c(c4)C(C)(C)c4c-5c5sc6ccccc6c5c5ccccc45)cc2C3(C)C)c2ccccc12. The van der Waals surface area contributed by atoms with E-state index in [1.54, 1.807) is 0 Å². The second-order valence-corrected chi connectivity index (χ2v) is 19.1. The summed E-state index contributed by atoms with van der Waals surface area (Å²) in [5.74, 6) is 0. The molecule has 0 radical (unpaired) electrons. The van der Waals surface area contributed by atoms with Crippen molar-refractivity contribution >= 4 is 69.4 Å². The Morgan fingerprint density at radius 2 is 1.05 bits per heavy atom. The lowest BCUT2D eigenvalue weighted by molar-refractivity contribution is 0.660. The molecule has 0 saturated heterocycles. The lowest BCUT2D eigenvalue weighted by atomic mass is 9.78. The highest BCUT2D eigenvalue weighted by atomic mass is 32.1. The van der Waals surface area contributed by atoms with Crippen LogP contribution in [-0.2, 0) is 10.8 Å². The van der Waals surface area contributed by atoms with E-state index in [4.69, 9.17) is 0 Å². The van der Waals surface area contributed by atoms with E-state index in [1.165, 1.54) is 125 Å². The van der Waals surface area contributed by atoms with Gasteiger partial charge in [-0.2, -0.15) is 0 Å². The second kappa shape index (κ2) is 12.9. The van der Waals surface area contributed by atoms with Crippen molar-refractivity contribution in [3.8, 4) is 44.5 Å². The van der Waals surface area contributed by atoms with Crippen LogP contribution < -0.4 is 0 Å². The minimum absolute atomic E-state index is 0.152. The fourth-order valence-electron chi connectivity index (χ4n) is 11.3. The Morgan fingerprint density at radius 1 is 0.492 bits per heavy atom. The number of allylic oxidation sites excluding steroid dienone is 4. The maximum Gasteiger partial charge on any atom is 0.0443 e. The zero-order chi connectivity index (χ0) is 41.4. The van der Waals surface area contributed by atoms with Gasteiger partial charge in [0.05, 0.1) is 0 Å². The van der Waals surface area contributed by atoms with E-state index in [0.29, 0.717) is 0 Å². The third kappa shape index (κ3) is 4.93. The number of hydrogen-bond donors (Lipinski definition) is 0. The highest BCUT2D eigenvalue weighted by Crippen LogP contribution is 2.58. The largest absolute Gasteiger partial charge is 0.134 e. The topological polar surface area (TPSA) is 0 Å². The molecule has 61 heavy (non-hydrogen) atoms. The molecule has 2 aliphatic carbocycles. The molecule has 1 heterocycles. The molecular formula is C60H44S. The minimum Gasteiger partial charge on any atom is -0.134 e. The fraction of sp³-hybridized carbons (Fsp3) is 0.100. The van der Waals surface area contributed by atoms with Crippen LogP contribution >= 0.6 is 11.3 Å². The van der Waals surface area contributed by atoms with Gasteiger partial charge in [0.15, 0.2) is 0 Å². The first-order valence-corrected chi connectivity index (χ1v) is 22.2. The molecule has 9 aromatic carbocycles. The molecule has 0 amide bonds. The predicted molar refractivity (Wildman–Crippen MR) is 266 cm³/mol. The maximum atomic E-state index is 4.51. The zero-order valence-corrected chi connectivity index (χ0v) is 35.8. The van der Waals surface area contributed by atoms with Crippen molar-refractivity contribution in [2.45, 2.75) is 38.5 Å². The molecule has 0 aliphatic heterocycles. The lowest BCUT2D eigenvalue weighted by Crippen LogP contribution is -2.16. The van der Waals surface area contributed by atoms with E-state index in [9.17, 15) is 0 Å². The molecule has 0 fully saturated rings. The average Bonchev–Trinajstić information content (AvgIpc) is 3.87.